The van der Waals surface area contributed by atoms with E-state index in [4.69, 9.17) is 0 Å². The fraction of sp³-hybridized carbons (Fsp3) is 0.412. The molecule has 0 unspecified atom stereocenters. The van der Waals surface area contributed by atoms with Crippen molar-refractivity contribution in [2.45, 2.75) is 45.6 Å². The van der Waals surface area contributed by atoms with Crippen LogP contribution in [0.15, 0.2) is 17.3 Å². The molecular weight excluding hydrogens is 379 g/mol. The maximum Gasteiger partial charge on any atom is 0.406 e. The summed E-state index contributed by atoms with van der Waals surface area (Å²) in [5.41, 5.74) is 2.47. The summed E-state index contributed by atoms with van der Waals surface area (Å²) in [5.74, 6) is 0.494. The van der Waals surface area contributed by atoms with Crippen molar-refractivity contribution < 1.29 is 18.0 Å². The number of carbonyl (C=O) groups is 1. The molecule has 0 aromatic carbocycles. The van der Waals surface area contributed by atoms with E-state index < -0.39 is 12.7 Å². The van der Waals surface area contributed by atoms with Crippen LogP contribution in [0.1, 0.15) is 33.3 Å². The lowest BCUT2D eigenvalue weighted by molar-refractivity contribution is -0.141. The second-order valence-electron chi connectivity index (χ2n) is 6.32. The van der Waals surface area contributed by atoms with Gasteiger partial charge in [0.05, 0.1) is 5.75 Å². The quantitative estimate of drug-likeness (QED) is 0.485. The molecule has 3 heterocycles. The summed E-state index contributed by atoms with van der Waals surface area (Å²) in [6, 6.07) is 3.29. The number of hydrogen-bond donors (Lipinski definition) is 0. The van der Waals surface area contributed by atoms with Crippen LogP contribution in [-0.4, -0.2) is 41.9 Å². The van der Waals surface area contributed by atoms with Crippen molar-refractivity contribution in [1.29, 1.82) is 0 Å². The van der Waals surface area contributed by atoms with Gasteiger partial charge in [-0.2, -0.15) is 13.2 Å². The molecule has 6 nitrogen and oxygen atoms in total. The molecule has 0 aliphatic heterocycles. The largest absolute Gasteiger partial charge is 0.406 e. The van der Waals surface area contributed by atoms with Crippen molar-refractivity contribution in [1.82, 2.24) is 24.1 Å². The average molecular weight is 397 g/mol. The van der Waals surface area contributed by atoms with Crippen molar-refractivity contribution in [2.75, 3.05) is 5.75 Å². The molecule has 0 fully saturated rings. The third kappa shape index (κ3) is 4.00. The molecule has 3 aromatic heterocycles. The summed E-state index contributed by atoms with van der Waals surface area (Å²) >= 11 is 1.18. The number of Topliss-reactive ketones (excluding diaryl/α,β-unsaturated/α-hetero) is 1. The van der Waals surface area contributed by atoms with Gasteiger partial charge in [0.15, 0.2) is 16.6 Å². The van der Waals surface area contributed by atoms with Crippen molar-refractivity contribution in [2.24, 2.45) is 0 Å². The topological polar surface area (TPSA) is 65.1 Å². The predicted molar refractivity (Wildman–Crippen MR) is 95.3 cm³/mol. The monoisotopic (exact) mass is 397 g/mol. The Kier molecular flexibility index (Phi) is 5.02. The first-order chi connectivity index (χ1) is 12.6. The predicted octanol–water partition coefficient (Wildman–Crippen LogP) is 3.70. The van der Waals surface area contributed by atoms with E-state index in [1.807, 2.05) is 13.8 Å². The van der Waals surface area contributed by atoms with E-state index in [9.17, 15) is 18.0 Å². The molecule has 3 rings (SSSR count). The SMILES string of the molecule is Cc1cc2nnc(SCC(=O)c3cc(C)n(CC(F)(F)F)c3C)n2c(C)n1. The summed E-state index contributed by atoms with van der Waals surface area (Å²) in [5, 5.41) is 8.69. The van der Waals surface area contributed by atoms with Crippen LogP contribution in [0.5, 0.6) is 0 Å². The van der Waals surface area contributed by atoms with E-state index in [0.29, 0.717) is 33.6 Å². The minimum Gasteiger partial charge on any atom is -0.339 e. The van der Waals surface area contributed by atoms with Crippen molar-refractivity contribution >= 4 is 23.2 Å². The molecule has 0 saturated carbocycles. The van der Waals surface area contributed by atoms with Gasteiger partial charge in [-0.05, 0) is 33.8 Å². The lowest BCUT2D eigenvalue weighted by Crippen LogP contribution is -2.19. The van der Waals surface area contributed by atoms with Gasteiger partial charge in [0, 0.05) is 28.7 Å². The molecule has 0 radical (unpaired) electrons. The Labute approximate surface area is 157 Å². The summed E-state index contributed by atoms with van der Waals surface area (Å²) in [4.78, 5) is 16.9. The first kappa shape index (κ1) is 19.4. The first-order valence-corrected chi connectivity index (χ1v) is 9.14. The van der Waals surface area contributed by atoms with E-state index in [1.165, 1.54) is 24.8 Å². The van der Waals surface area contributed by atoms with E-state index in [0.717, 1.165) is 10.3 Å². The normalized spacial score (nSPS) is 12.1. The number of fused-ring (bicyclic) bond motifs is 1. The van der Waals surface area contributed by atoms with E-state index >= 15 is 0 Å². The molecule has 144 valence electrons. The number of thioether (sulfide) groups is 1. The Balaban J connectivity index is 1.80. The maximum atomic E-state index is 12.7. The van der Waals surface area contributed by atoms with Gasteiger partial charge in [0.25, 0.3) is 0 Å². The fourth-order valence-corrected chi connectivity index (χ4v) is 3.88. The van der Waals surface area contributed by atoms with Gasteiger partial charge in [-0.25, -0.2) is 4.98 Å². The number of nitrogens with zero attached hydrogens (tertiary/aromatic N) is 5. The fourth-order valence-electron chi connectivity index (χ4n) is 3.01. The zero-order chi connectivity index (χ0) is 19.9. The van der Waals surface area contributed by atoms with Crippen LogP contribution in [0.4, 0.5) is 13.2 Å². The molecule has 3 aromatic rings. The average Bonchev–Trinajstić information content (AvgIpc) is 3.07. The number of alkyl halides is 3. The zero-order valence-electron chi connectivity index (χ0n) is 15.3. The van der Waals surface area contributed by atoms with E-state index in [1.54, 1.807) is 17.4 Å². The summed E-state index contributed by atoms with van der Waals surface area (Å²) in [7, 11) is 0. The van der Waals surface area contributed by atoms with Crippen LogP contribution in [0.2, 0.25) is 0 Å². The maximum absolute atomic E-state index is 12.7. The van der Waals surface area contributed by atoms with Gasteiger partial charge in [-0.3, -0.25) is 9.20 Å². The van der Waals surface area contributed by atoms with Gasteiger partial charge in [-0.15, -0.1) is 10.2 Å². The Bertz CT molecular complexity index is 1020. The Morgan fingerprint density at radius 3 is 2.52 bits per heavy atom. The smallest absolute Gasteiger partial charge is 0.339 e. The van der Waals surface area contributed by atoms with Crippen LogP contribution < -0.4 is 0 Å². The summed E-state index contributed by atoms with van der Waals surface area (Å²) in [6.45, 7) is 5.66. The molecule has 0 aliphatic rings. The van der Waals surface area contributed by atoms with E-state index in [-0.39, 0.29) is 11.5 Å². The van der Waals surface area contributed by atoms with Crippen molar-refractivity contribution in [3.8, 4) is 0 Å². The number of hydrogen-bond acceptors (Lipinski definition) is 5. The number of carbonyl (C=O) groups excluding carboxylic acids is 1. The van der Waals surface area contributed by atoms with Gasteiger partial charge >= 0.3 is 6.18 Å². The number of rotatable bonds is 5. The van der Waals surface area contributed by atoms with Crippen molar-refractivity contribution in [3.05, 3.63) is 40.6 Å². The first-order valence-electron chi connectivity index (χ1n) is 8.15. The van der Waals surface area contributed by atoms with Crippen LogP contribution in [0, 0.1) is 27.7 Å². The highest BCUT2D eigenvalue weighted by atomic mass is 32.2. The molecule has 0 atom stereocenters. The highest BCUT2D eigenvalue weighted by molar-refractivity contribution is 7.99. The van der Waals surface area contributed by atoms with Crippen molar-refractivity contribution in [3.63, 3.8) is 0 Å². The second kappa shape index (κ2) is 6.99. The zero-order valence-corrected chi connectivity index (χ0v) is 16.1. The van der Waals surface area contributed by atoms with Gasteiger partial charge < -0.3 is 4.57 Å². The standard InChI is InChI=1S/C17H18F3N5OS/c1-9-5-15-22-23-16(25(15)12(4)21-9)27-7-14(26)13-6-10(2)24(11(13)3)8-17(18,19)20/h5-6H,7-8H2,1-4H3. The molecular formula is C17H18F3N5OS. The Morgan fingerprint density at radius 2 is 1.85 bits per heavy atom. The lowest BCUT2D eigenvalue weighted by Gasteiger charge is -2.12. The van der Waals surface area contributed by atoms with Crippen LogP contribution >= 0.6 is 11.8 Å². The van der Waals surface area contributed by atoms with Crippen LogP contribution in [-0.2, 0) is 6.54 Å². The number of halogens is 3. The third-order valence-corrected chi connectivity index (χ3v) is 5.13. The molecule has 0 aliphatic carbocycles. The van der Waals surface area contributed by atoms with Gasteiger partial charge in [0.2, 0.25) is 0 Å². The minimum atomic E-state index is -4.34. The Morgan fingerprint density at radius 1 is 1.15 bits per heavy atom. The molecule has 0 amide bonds. The number of ketones is 1. The van der Waals surface area contributed by atoms with Gasteiger partial charge in [-0.1, -0.05) is 11.8 Å². The van der Waals surface area contributed by atoms with Crippen LogP contribution in [0.3, 0.4) is 0 Å². The molecule has 0 spiro atoms. The highest BCUT2D eigenvalue weighted by Crippen LogP contribution is 2.25. The van der Waals surface area contributed by atoms with Crippen LogP contribution in [0.25, 0.3) is 5.65 Å². The minimum absolute atomic E-state index is 0.0461. The summed E-state index contributed by atoms with van der Waals surface area (Å²) in [6.07, 6.45) is -4.34. The Hall–Kier alpha value is -2.36. The lowest BCUT2D eigenvalue weighted by atomic mass is 10.2. The van der Waals surface area contributed by atoms with Gasteiger partial charge in [0.1, 0.15) is 12.4 Å². The molecule has 0 bridgehead atoms. The highest BCUT2D eigenvalue weighted by Gasteiger charge is 2.30. The number of aromatic nitrogens is 5. The molecule has 10 heteroatoms. The third-order valence-electron chi connectivity index (χ3n) is 4.20. The second-order valence-corrected chi connectivity index (χ2v) is 7.26. The summed E-state index contributed by atoms with van der Waals surface area (Å²) < 4.78 is 41.0. The molecule has 0 saturated heterocycles. The molecule has 27 heavy (non-hydrogen) atoms. The number of aryl methyl sites for hydroxylation is 3. The molecule has 0 N–H and O–H groups in total. The van der Waals surface area contributed by atoms with E-state index in [2.05, 4.69) is 15.2 Å².